The van der Waals surface area contributed by atoms with Crippen LogP contribution in [0.4, 0.5) is 24.5 Å². The second-order valence-corrected chi connectivity index (χ2v) is 5.52. The first-order valence-corrected chi connectivity index (χ1v) is 8.13. The quantitative estimate of drug-likeness (QED) is 0.635. The molecule has 0 spiro atoms. The molecule has 0 aliphatic carbocycles. The average molecular weight is 353 g/mol. The minimum Gasteiger partial charge on any atom is -0.356 e. The van der Waals surface area contributed by atoms with Crippen LogP contribution in [-0.4, -0.2) is 13.2 Å². The van der Waals surface area contributed by atoms with Crippen LogP contribution in [0.5, 0.6) is 0 Å². The van der Waals surface area contributed by atoms with Crippen LogP contribution in [-0.2, 0) is 15.7 Å². The lowest BCUT2D eigenvalue weighted by molar-refractivity contribution is -0.140. The zero-order valence-electron chi connectivity index (χ0n) is 14.5. The van der Waals surface area contributed by atoms with Crippen molar-refractivity contribution in [1.82, 2.24) is 0 Å². The molecule has 0 heterocycles. The maximum atomic E-state index is 12.8. The Morgan fingerprint density at radius 3 is 2.16 bits per heavy atom. The van der Waals surface area contributed by atoms with Crippen molar-refractivity contribution in [1.29, 1.82) is 0 Å². The Balaban J connectivity index is 2.20. The van der Waals surface area contributed by atoms with Gasteiger partial charge in [0.2, 0.25) is 0 Å². The first-order chi connectivity index (χ1) is 11.8. The largest absolute Gasteiger partial charge is 0.416 e. The van der Waals surface area contributed by atoms with Crippen LogP contribution in [0.25, 0.3) is 0 Å². The van der Waals surface area contributed by atoms with Gasteiger partial charge >= 0.3 is 6.18 Å². The highest BCUT2D eigenvalue weighted by atomic mass is 19.4. The highest BCUT2D eigenvalue weighted by Gasteiger charge is 2.30. The fourth-order valence-electron chi connectivity index (χ4n) is 2.49. The third-order valence-electron chi connectivity index (χ3n) is 3.64. The van der Waals surface area contributed by atoms with E-state index in [1.807, 2.05) is 32.9 Å². The summed E-state index contributed by atoms with van der Waals surface area (Å²) in [6.07, 6.45) is -4.81. The van der Waals surface area contributed by atoms with E-state index in [2.05, 4.69) is 5.32 Å². The predicted molar refractivity (Wildman–Crippen MR) is 91.9 cm³/mol. The van der Waals surface area contributed by atoms with Crippen LogP contribution in [0.3, 0.4) is 0 Å². The maximum absolute atomic E-state index is 12.8. The fourth-order valence-corrected chi connectivity index (χ4v) is 2.49. The smallest absolute Gasteiger partial charge is 0.356 e. The van der Waals surface area contributed by atoms with Crippen molar-refractivity contribution in [3.05, 3.63) is 59.2 Å². The second-order valence-electron chi connectivity index (χ2n) is 5.52. The van der Waals surface area contributed by atoms with Crippen molar-refractivity contribution in [3.63, 3.8) is 0 Å². The molecule has 6 heteroatoms. The molecule has 2 rings (SSSR count). The van der Waals surface area contributed by atoms with Gasteiger partial charge in [-0.15, -0.1) is 0 Å². The summed E-state index contributed by atoms with van der Waals surface area (Å²) < 4.78 is 49.6. The van der Waals surface area contributed by atoms with Crippen molar-refractivity contribution >= 4 is 11.4 Å². The lowest BCUT2D eigenvalue weighted by Gasteiger charge is -2.20. The average Bonchev–Trinajstić information content (AvgIpc) is 2.54. The Bertz CT molecular complexity index is 695. The molecule has 0 aliphatic rings. The molecule has 0 amide bonds. The molecule has 0 aliphatic heterocycles. The Labute approximate surface area is 145 Å². The van der Waals surface area contributed by atoms with Crippen molar-refractivity contribution in [2.75, 3.05) is 18.5 Å². The number of nitrogens with one attached hydrogen (secondary N) is 1. The number of ether oxygens (including phenoxy) is 2. The first-order valence-electron chi connectivity index (χ1n) is 8.13. The molecule has 136 valence electrons. The fraction of sp³-hybridized carbons (Fsp3) is 0.368. The number of halogens is 3. The number of hydrogen-bond donors (Lipinski definition) is 1. The number of alkyl halides is 3. The second kappa shape index (κ2) is 8.36. The molecule has 0 bridgehead atoms. The summed E-state index contributed by atoms with van der Waals surface area (Å²) in [6, 6.07) is 10.6. The molecular formula is C19H22F3NO2. The summed E-state index contributed by atoms with van der Waals surface area (Å²) in [5.74, 6) is 0. The van der Waals surface area contributed by atoms with Gasteiger partial charge in [-0.25, -0.2) is 0 Å². The van der Waals surface area contributed by atoms with E-state index in [1.54, 1.807) is 12.1 Å². The van der Waals surface area contributed by atoms with E-state index in [1.165, 1.54) is 6.07 Å². The zero-order chi connectivity index (χ0) is 18.4. The zero-order valence-corrected chi connectivity index (χ0v) is 14.5. The van der Waals surface area contributed by atoms with Crippen LogP contribution >= 0.6 is 0 Å². The monoisotopic (exact) mass is 353 g/mol. The standard InChI is InChI=1S/C19H22F3NO2/c1-4-24-18(25-5-2)17-10-9-16(11-13(17)3)23-15-8-6-7-14(12-15)19(20,21)22/h6-12,18,23H,4-5H2,1-3H3. The molecule has 0 saturated heterocycles. The van der Waals surface area contributed by atoms with Gasteiger partial charge in [0.05, 0.1) is 5.56 Å². The summed E-state index contributed by atoms with van der Waals surface area (Å²) in [5.41, 5.74) is 2.24. The maximum Gasteiger partial charge on any atom is 0.416 e. The van der Waals surface area contributed by atoms with Crippen molar-refractivity contribution < 1.29 is 22.6 Å². The van der Waals surface area contributed by atoms with Crippen molar-refractivity contribution in [2.45, 2.75) is 33.2 Å². The van der Waals surface area contributed by atoms with Crippen molar-refractivity contribution in [3.8, 4) is 0 Å². The third-order valence-corrected chi connectivity index (χ3v) is 3.64. The van der Waals surface area contributed by atoms with Gasteiger partial charge in [0.15, 0.2) is 6.29 Å². The van der Waals surface area contributed by atoms with E-state index in [4.69, 9.17) is 9.47 Å². The number of anilines is 2. The Morgan fingerprint density at radius 1 is 0.960 bits per heavy atom. The first kappa shape index (κ1) is 19.3. The Hall–Kier alpha value is -2.05. The molecule has 0 fully saturated rings. The van der Waals surface area contributed by atoms with Gasteiger partial charge in [-0.1, -0.05) is 12.1 Å². The normalized spacial score (nSPS) is 11.8. The molecule has 0 atom stereocenters. The molecule has 25 heavy (non-hydrogen) atoms. The molecule has 0 saturated carbocycles. The predicted octanol–water partition coefficient (Wildman–Crippen LogP) is 5.83. The SMILES string of the molecule is CCOC(OCC)c1ccc(Nc2cccc(C(F)(F)F)c2)cc1C. The van der Waals surface area contributed by atoms with Crippen LogP contribution in [0.15, 0.2) is 42.5 Å². The summed E-state index contributed by atoms with van der Waals surface area (Å²) in [7, 11) is 0. The summed E-state index contributed by atoms with van der Waals surface area (Å²) in [4.78, 5) is 0. The van der Waals surface area contributed by atoms with E-state index in [0.29, 0.717) is 24.6 Å². The lowest BCUT2D eigenvalue weighted by Crippen LogP contribution is -2.10. The van der Waals surface area contributed by atoms with Crippen LogP contribution < -0.4 is 5.32 Å². The highest BCUT2D eigenvalue weighted by molar-refractivity contribution is 5.62. The highest BCUT2D eigenvalue weighted by Crippen LogP contribution is 2.32. The van der Waals surface area contributed by atoms with Gasteiger partial charge < -0.3 is 14.8 Å². The molecule has 3 nitrogen and oxygen atoms in total. The summed E-state index contributed by atoms with van der Waals surface area (Å²) >= 11 is 0. The van der Waals surface area contributed by atoms with Gasteiger partial charge in [-0.3, -0.25) is 0 Å². The number of hydrogen-bond acceptors (Lipinski definition) is 3. The van der Waals surface area contributed by atoms with E-state index in [0.717, 1.165) is 23.3 Å². The van der Waals surface area contributed by atoms with Crippen LogP contribution in [0, 0.1) is 6.92 Å². The van der Waals surface area contributed by atoms with E-state index < -0.39 is 18.0 Å². The van der Waals surface area contributed by atoms with Gasteiger partial charge in [0, 0.05) is 30.2 Å². The van der Waals surface area contributed by atoms with Crippen LogP contribution in [0.1, 0.15) is 36.8 Å². The minimum atomic E-state index is -4.36. The summed E-state index contributed by atoms with van der Waals surface area (Å²) in [6.45, 7) is 6.75. The Morgan fingerprint density at radius 2 is 1.60 bits per heavy atom. The summed E-state index contributed by atoms with van der Waals surface area (Å²) in [5, 5.41) is 3.01. The molecule has 2 aromatic carbocycles. The van der Waals surface area contributed by atoms with Gasteiger partial charge in [0.1, 0.15) is 0 Å². The van der Waals surface area contributed by atoms with E-state index in [-0.39, 0.29) is 0 Å². The Kier molecular flexibility index (Phi) is 6.45. The number of aryl methyl sites for hydroxylation is 1. The number of rotatable bonds is 7. The molecule has 0 radical (unpaired) electrons. The molecular weight excluding hydrogens is 331 g/mol. The van der Waals surface area contributed by atoms with Crippen molar-refractivity contribution in [2.24, 2.45) is 0 Å². The van der Waals surface area contributed by atoms with Gasteiger partial charge in [-0.2, -0.15) is 13.2 Å². The van der Waals surface area contributed by atoms with Crippen LogP contribution in [0.2, 0.25) is 0 Å². The molecule has 2 aromatic rings. The molecule has 1 N–H and O–H groups in total. The topological polar surface area (TPSA) is 30.5 Å². The van der Waals surface area contributed by atoms with Gasteiger partial charge in [0.25, 0.3) is 0 Å². The third kappa shape index (κ3) is 5.21. The lowest BCUT2D eigenvalue weighted by atomic mass is 10.1. The molecule has 0 unspecified atom stereocenters. The van der Waals surface area contributed by atoms with E-state index >= 15 is 0 Å². The number of benzene rings is 2. The minimum absolute atomic E-state index is 0.383. The van der Waals surface area contributed by atoms with E-state index in [9.17, 15) is 13.2 Å². The van der Waals surface area contributed by atoms with Gasteiger partial charge in [-0.05, 0) is 56.7 Å². The molecule has 0 aromatic heterocycles.